The summed E-state index contributed by atoms with van der Waals surface area (Å²) in [6.07, 6.45) is 0. The van der Waals surface area contributed by atoms with E-state index in [1.165, 1.54) is 12.1 Å². The van der Waals surface area contributed by atoms with Crippen molar-refractivity contribution in [3.8, 4) is 0 Å². The highest BCUT2D eigenvalue weighted by molar-refractivity contribution is 5.98. The quantitative estimate of drug-likeness (QED) is 0.835. The Kier molecular flexibility index (Phi) is 4.83. The number of benzene rings is 1. The molecule has 0 unspecified atom stereocenters. The molecule has 2 aromatic rings. The van der Waals surface area contributed by atoms with Gasteiger partial charge in [-0.15, -0.1) is 0 Å². The van der Waals surface area contributed by atoms with E-state index in [-0.39, 0.29) is 29.9 Å². The van der Waals surface area contributed by atoms with Gasteiger partial charge in [-0.3, -0.25) is 14.3 Å². The predicted molar refractivity (Wildman–Crippen MR) is 90.6 cm³/mol. The monoisotopic (exact) mass is 344 g/mol. The van der Waals surface area contributed by atoms with Gasteiger partial charge in [0, 0.05) is 37.8 Å². The van der Waals surface area contributed by atoms with Crippen molar-refractivity contribution in [3.05, 3.63) is 53.1 Å². The molecule has 0 spiro atoms. The Balaban J connectivity index is 1.81. The molecule has 0 saturated heterocycles. The first-order chi connectivity index (χ1) is 12.0. The van der Waals surface area contributed by atoms with Crippen molar-refractivity contribution in [3.63, 3.8) is 0 Å². The van der Waals surface area contributed by atoms with Crippen molar-refractivity contribution in [1.29, 1.82) is 0 Å². The van der Waals surface area contributed by atoms with Crippen molar-refractivity contribution in [2.45, 2.75) is 26.9 Å². The number of halogens is 1. The van der Waals surface area contributed by atoms with E-state index in [0.717, 1.165) is 0 Å². The SMILES string of the molecule is CCN(CC)C(=O)c1cc2n(n1)CCN(Cc1ccccc1F)C2=O. The smallest absolute Gasteiger partial charge is 0.274 e. The summed E-state index contributed by atoms with van der Waals surface area (Å²) in [6, 6.07) is 7.96. The molecule has 0 radical (unpaired) electrons. The summed E-state index contributed by atoms with van der Waals surface area (Å²) < 4.78 is 15.4. The molecule has 0 atom stereocenters. The molecule has 3 rings (SSSR count). The lowest BCUT2D eigenvalue weighted by Gasteiger charge is -2.27. The average Bonchev–Trinajstić information content (AvgIpc) is 3.05. The van der Waals surface area contributed by atoms with Crippen molar-refractivity contribution in [2.75, 3.05) is 19.6 Å². The highest BCUT2D eigenvalue weighted by Crippen LogP contribution is 2.18. The first kappa shape index (κ1) is 17.1. The molecule has 25 heavy (non-hydrogen) atoms. The Labute approximate surface area is 145 Å². The van der Waals surface area contributed by atoms with Crippen LogP contribution in [0.15, 0.2) is 30.3 Å². The Bertz CT molecular complexity index is 798. The van der Waals surface area contributed by atoms with Crippen LogP contribution in [0, 0.1) is 5.82 Å². The number of hydrogen-bond donors (Lipinski definition) is 0. The topological polar surface area (TPSA) is 58.4 Å². The van der Waals surface area contributed by atoms with Crippen LogP contribution in [0.4, 0.5) is 4.39 Å². The first-order valence-corrected chi connectivity index (χ1v) is 8.45. The van der Waals surface area contributed by atoms with E-state index in [0.29, 0.717) is 37.4 Å². The molecular weight excluding hydrogens is 323 g/mol. The summed E-state index contributed by atoms with van der Waals surface area (Å²) in [7, 11) is 0. The van der Waals surface area contributed by atoms with Gasteiger partial charge in [0.15, 0.2) is 5.69 Å². The fourth-order valence-electron chi connectivity index (χ4n) is 3.00. The molecular formula is C18H21FN4O2. The molecule has 132 valence electrons. The van der Waals surface area contributed by atoms with Crippen LogP contribution in [-0.2, 0) is 13.1 Å². The van der Waals surface area contributed by atoms with Crippen molar-refractivity contribution in [1.82, 2.24) is 19.6 Å². The van der Waals surface area contributed by atoms with Crippen LogP contribution in [0.3, 0.4) is 0 Å². The van der Waals surface area contributed by atoms with Gasteiger partial charge in [-0.2, -0.15) is 5.10 Å². The fraction of sp³-hybridized carbons (Fsp3) is 0.389. The third-order valence-corrected chi connectivity index (χ3v) is 4.46. The molecule has 1 aromatic heterocycles. The van der Waals surface area contributed by atoms with Crippen LogP contribution in [-0.4, -0.2) is 51.0 Å². The molecule has 0 N–H and O–H groups in total. The van der Waals surface area contributed by atoms with Crippen molar-refractivity contribution >= 4 is 11.8 Å². The van der Waals surface area contributed by atoms with Gasteiger partial charge in [0.05, 0.1) is 6.54 Å². The minimum Gasteiger partial charge on any atom is -0.338 e. The van der Waals surface area contributed by atoms with Gasteiger partial charge in [-0.1, -0.05) is 18.2 Å². The molecule has 6 nitrogen and oxygen atoms in total. The second-order valence-electron chi connectivity index (χ2n) is 5.93. The molecule has 2 amide bonds. The fourth-order valence-corrected chi connectivity index (χ4v) is 3.00. The summed E-state index contributed by atoms with van der Waals surface area (Å²) in [6.45, 7) is 6.10. The van der Waals surface area contributed by atoms with Crippen LogP contribution in [0.5, 0.6) is 0 Å². The Hall–Kier alpha value is -2.70. The maximum absolute atomic E-state index is 13.8. The van der Waals surface area contributed by atoms with Gasteiger partial charge in [-0.05, 0) is 19.9 Å². The third-order valence-electron chi connectivity index (χ3n) is 4.46. The van der Waals surface area contributed by atoms with Crippen LogP contribution >= 0.6 is 0 Å². The van der Waals surface area contributed by atoms with Gasteiger partial charge < -0.3 is 9.80 Å². The molecule has 7 heteroatoms. The number of rotatable bonds is 5. The van der Waals surface area contributed by atoms with E-state index >= 15 is 0 Å². The van der Waals surface area contributed by atoms with E-state index < -0.39 is 0 Å². The van der Waals surface area contributed by atoms with E-state index in [2.05, 4.69) is 5.10 Å². The summed E-state index contributed by atoms with van der Waals surface area (Å²) >= 11 is 0. The summed E-state index contributed by atoms with van der Waals surface area (Å²) in [5.74, 6) is -0.743. The van der Waals surface area contributed by atoms with Gasteiger partial charge in [0.1, 0.15) is 11.5 Å². The van der Waals surface area contributed by atoms with Crippen molar-refractivity contribution < 1.29 is 14.0 Å². The maximum Gasteiger partial charge on any atom is 0.274 e. The zero-order chi connectivity index (χ0) is 18.0. The highest BCUT2D eigenvalue weighted by atomic mass is 19.1. The molecule has 2 heterocycles. The number of amides is 2. The zero-order valence-corrected chi connectivity index (χ0v) is 14.4. The molecule has 0 fully saturated rings. The zero-order valence-electron chi connectivity index (χ0n) is 14.4. The van der Waals surface area contributed by atoms with Crippen molar-refractivity contribution in [2.24, 2.45) is 0 Å². The second-order valence-corrected chi connectivity index (χ2v) is 5.93. The second kappa shape index (κ2) is 7.04. The van der Waals surface area contributed by atoms with E-state index in [4.69, 9.17) is 0 Å². The molecule has 0 saturated carbocycles. The Morgan fingerprint density at radius 3 is 2.64 bits per heavy atom. The molecule has 0 aliphatic carbocycles. The van der Waals surface area contributed by atoms with Crippen LogP contribution in [0.2, 0.25) is 0 Å². The van der Waals surface area contributed by atoms with E-state index in [1.54, 1.807) is 32.7 Å². The van der Waals surface area contributed by atoms with Gasteiger partial charge in [0.25, 0.3) is 11.8 Å². The normalized spacial score (nSPS) is 13.7. The lowest BCUT2D eigenvalue weighted by Crippen LogP contribution is -2.40. The molecule has 1 aliphatic rings. The number of nitrogens with zero attached hydrogens (tertiary/aromatic N) is 4. The molecule has 0 bridgehead atoms. The van der Waals surface area contributed by atoms with Crippen LogP contribution in [0.25, 0.3) is 0 Å². The maximum atomic E-state index is 13.8. The Morgan fingerprint density at radius 1 is 1.24 bits per heavy atom. The number of aromatic nitrogens is 2. The summed E-state index contributed by atoms with van der Waals surface area (Å²) in [5, 5.41) is 4.28. The van der Waals surface area contributed by atoms with Gasteiger partial charge >= 0.3 is 0 Å². The Morgan fingerprint density at radius 2 is 1.96 bits per heavy atom. The first-order valence-electron chi connectivity index (χ1n) is 8.45. The van der Waals surface area contributed by atoms with Gasteiger partial charge in [-0.25, -0.2) is 4.39 Å². The molecule has 1 aromatic carbocycles. The standard InChI is InChI=1S/C18H21FN4O2/c1-3-21(4-2)17(24)15-11-16-18(25)22(9-10-23(16)20-15)12-13-7-5-6-8-14(13)19/h5-8,11H,3-4,9-10,12H2,1-2H3. The van der Waals surface area contributed by atoms with Gasteiger partial charge in [0.2, 0.25) is 0 Å². The highest BCUT2D eigenvalue weighted by Gasteiger charge is 2.29. The van der Waals surface area contributed by atoms with Crippen LogP contribution in [0.1, 0.15) is 40.4 Å². The lowest BCUT2D eigenvalue weighted by molar-refractivity contribution is 0.0679. The predicted octanol–water partition coefficient (Wildman–Crippen LogP) is 2.16. The largest absolute Gasteiger partial charge is 0.338 e. The average molecular weight is 344 g/mol. The summed E-state index contributed by atoms with van der Waals surface area (Å²) in [4.78, 5) is 28.4. The third kappa shape index (κ3) is 3.26. The minimum absolute atomic E-state index is 0.180. The number of carbonyl (C=O) groups is 2. The van der Waals surface area contributed by atoms with Crippen LogP contribution < -0.4 is 0 Å². The minimum atomic E-state index is -0.327. The number of hydrogen-bond acceptors (Lipinski definition) is 3. The summed E-state index contributed by atoms with van der Waals surface area (Å²) in [5.41, 5.74) is 1.13. The molecule has 1 aliphatic heterocycles. The van der Waals surface area contributed by atoms with E-state index in [1.807, 2.05) is 13.8 Å². The number of fused-ring (bicyclic) bond motifs is 1. The van der Waals surface area contributed by atoms with E-state index in [9.17, 15) is 14.0 Å². The number of carbonyl (C=O) groups excluding carboxylic acids is 2. The lowest BCUT2D eigenvalue weighted by atomic mass is 10.1.